The van der Waals surface area contributed by atoms with E-state index < -0.39 is 5.97 Å². The fourth-order valence-corrected chi connectivity index (χ4v) is 2.17. The summed E-state index contributed by atoms with van der Waals surface area (Å²) in [5.41, 5.74) is 0.926. The molecule has 0 unspecified atom stereocenters. The van der Waals surface area contributed by atoms with Crippen LogP contribution in [0, 0.1) is 5.92 Å². The average molecular weight is 231 g/mol. The summed E-state index contributed by atoms with van der Waals surface area (Å²) in [6, 6.07) is 5.20. The third kappa shape index (κ3) is 1.86. The van der Waals surface area contributed by atoms with E-state index in [0.29, 0.717) is 16.5 Å². The smallest absolute Gasteiger partial charge is 0.307 e. The molecule has 0 spiro atoms. The Hall–Kier alpha value is -0.730. The molecule has 4 heteroatoms. The summed E-state index contributed by atoms with van der Waals surface area (Å²) in [5.74, 6) is -0.917. The molecule has 0 saturated heterocycles. The minimum absolute atomic E-state index is 0.0868. The normalized spacial score (nSPS) is 24.7. The fourth-order valence-electron chi connectivity index (χ4n) is 1.63. The van der Waals surface area contributed by atoms with Gasteiger partial charge in [0.05, 0.1) is 5.92 Å². The lowest BCUT2D eigenvalue weighted by Crippen LogP contribution is -1.98. The monoisotopic (exact) mass is 230 g/mol. The van der Waals surface area contributed by atoms with Gasteiger partial charge in [-0.1, -0.05) is 23.2 Å². The van der Waals surface area contributed by atoms with Crippen LogP contribution in [0.2, 0.25) is 10.0 Å². The number of hydrogen-bond acceptors (Lipinski definition) is 1. The molecule has 2 rings (SSSR count). The van der Waals surface area contributed by atoms with Crippen molar-refractivity contribution in [2.45, 2.75) is 12.3 Å². The highest BCUT2D eigenvalue weighted by Crippen LogP contribution is 2.48. The Kier molecular flexibility index (Phi) is 2.41. The molecule has 1 saturated carbocycles. The third-order valence-electron chi connectivity index (χ3n) is 2.42. The zero-order valence-corrected chi connectivity index (χ0v) is 8.72. The Morgan fingerprint density at radius 2 is 1.86 bits per heavy atom. The van der Waals surface area contributed by atoms with E-state index in [0.717, 1.165) is 5.56 Å². The Labute approximate surface area is 91.4 Å². The summed E-state index contributed by atoms with van der Waals surface area (Å²) in [7, 11) is 0. The number of hydrogen-bond donors (Lipinski definition) is 1. The van der Waals surface area contributed by atoms with Crippen molar-refractivity contribution in [3.8, 4) is 0 Å². The van der Waals surface area contributed by atoms with E-state index in [1.165, 1.54) is 0 Å². The molecule has 1 aromatic carbocycles. The molecule has 0 heterocycles. The van der Waals surface area contributed by atoms with Gasteiger partial charge in [0.25, 0.3) is 0 Å². The van der Waals surface area contributed by atoms with Crippen molar-refractivity contribution < 1.29 is 9.90 Å². The van der Waals surface area contributed by atoms with Crippen LogP contribution in [-0.2, 0) is 4.79 Å². The van der Waals surface area contributed by atoms with Gasteiger partial charge >= 0.3 is 5.97 Å². The quantitative estimate of drug-likeness (QED) is 0.848. The van der Waals surface area contributed by atoms with E-state index in [4.69, 9.17) is 28.3 Å². The highest BCUT2D eigenvalue weighted by molar-refractivity contribution is 6.34. The van der Waals surface area contributed by atoms with E-state index in [9.17, 15) is 4.79 Å². The zero-order valence-electron chi connectivity index (χ0n) is 7.21. The molecular weight excluding hydrogens is 223 g/mol. The van der Waals surface area contributed by atoms with Crippen molar-refractivity contribution in [1.29, 1.82) is 0 Å². The SMILES string of the molecule is O=C(O)[C@@H]1C[C@H]1c1cc(Cl)cc(Cl)c1. The van der Waals surface area contributed by atoms with Gasteiger partial charge in [-0.15, -0.1) is 0 Å². The van der Waals surface area contributed by atoms with E-state index in [-0.39, 0.29) is 11.8 Å². The summed E-state index contributed by atoms with van der Waals surface area (Å²) >= 11 is 11.6. The highest BCUT2D eigenvalue weighted by atomic mass is 35.5. The second-order valence-electron chi connectivity index (χ2n) is 3.49. The molecule has 0 aliphatic heterocycles. The number of carbonyl (C=O) groups is 1. The van der Waals surface area contributed by atoms with Gasteiger partial charge in [-0.05, 0) is 36.1 Å². The maximum atomic E-state index is 10.6. The van der Waals surface area contributed by atoms with E-state index >= 15 is 0 Å². The minimum atomic E-state index is -0.744. The third-order valence-corrected chi connectivity index (χ3v) is 2.86. The molecule has 0 bridgehead atoms. The summed E-state index contributed by atoms with van der Waals surface area (Å²) < 4.78 is 0. The standard InChI is InChI=1S/C10H8Cl2O2/c11-6-1-5(2-7(12)3-6)8-4-9(8)10(13)14/h1-3,8-9H,4H2,(H,13,14)/t8-,9+/m0/s1. The second kappa shape index (κ2) is 3.44. The van der Waals surface area contributed by atoms with Gasteiger partial charge in [0.1, 0.15) is 0 Å². The molecule has 1 fully saturated rings. The van der Waals surface area contributed by atoms with Crippen molar-refractivity contribution in [2.24, 2.45) is 5.92 Å². The Bertz CT molecular complexity index is 369. The largest absolute Gasteiger partial charge is 0.481 e. The molecule has 1 aliphatic rings. The molecular formula is C10H8Cl2O2. The van der Waals surface area contributed by atoms with Gasteiger partial charge < -0.3 is 5.11 Å². The van der Waals surface area contributed by atoms with E-state index in [2.05, 4.69) is 0 Å². The highest BCUT2D eigenvalue weighted by Gasteiger charge is 2.44. The van der Waals surface area contributed by atoms with Gasteiger partial charge in [0.2, 0.25) is 0 Å². The van der Waals surface area contributed by atoms with Crippen LogP contribution in [-0.4, -0.2) is 11.1 Å². The number of carboxylic acid groups (broad SMARTS) is 1. The minimum Gasteiger partial charge on any atom is -0.481 e. The van der Waals surface area contributed by atoms with Gasteiger partial charge in [-0.2, -0.15) is 0 Å². The lowest BCUT2D eigenvalue weighted by molar-refractivity contribution is -0.138. The van der Waals surface area contributed by atoms with Crippen molar-refractivity contribution in [1.82, 2.24) is 0 Å². The van der Waals surface area contributed by atoms with Crippen LogP contribution in [0.25, 0.3) is 0 Å². The first-order valence-corrected chi connectivity index (χ1v) is 5.02. The summed E-state index contributed by atoms with van der Waals surface area (Å²) in [6.07, 6.45) is 0.687. The summed E-state index contributed by atoms with van der Waals surface area (Å²) in [4.78, 5) is 10.6. The lowest BCUT2D eigenvalue weighted by Gasteiger charge is -2.00. The second-order valence-corrected chi connectivity index (χ2v) is 4.36. The first kappa shape index (κ1) is 9.81. The zero-order chi connectivity index (χ0) is 10.3. The number of halogens is 2. The molecule has 0 radical (unpaired) electrons. The van der Waals surface area contributed by atoms with Crippen LogP contribution >= 0.6 is 23.2 Å². The van der Waals surface area contributed by atoms with Crippen LogP contribution in [0.4, 0.5) is 0 Å². The van der Waals surface area contributed by atoms with E-state index in [1.54, 1.807) is 18.2 Å². The van der Waals surface area contributed by atoms with Crippen molar-refractivity contribution >= 4 is 29.2 Å². The van der Waals surface area contributed by atoms with E-state index in [1.807, 2.05) is 0 Å². The molecule has 0 amide bonds. The first-order chi connectivity index (χ1) is 6.58. The Morgan fingerprint density at radius 1 is 1.29 bits per heavy atom. The first-order valence-electron chi connectivity index (χ1n) is 4.26. The number of aliphatic carboxylic acids is 1. The molecule has 1 aromatic rings. The summed E-state index contributed by atoms with van der Waals surface area (Å²) in [6.45, 7) is 0. The number of carboxylic acids is 1. The van der Waals surface area contributed by atoms with Crippen LogP contribution in [0.5, 0.6) is 0 Å². The molecule has 14 heavy (non-hydrogen) atoms. The van der Waals surface area contributed by atoms with Crippen LogP contribution in [0.15, 0.2) is 18.2 Å². The maximum absolute atomic E-state index is 10.6. The molecule has 1 aliphatic carbocycles. The average Bonchev–Trinajstić information content (AvgIpc) is 2.79. The lowest BCUT2D eigenvalue weighted by atomic mass is 10.1. The molecule has 2 nitrogen and oxygen atoms in total. The molecule has 2 atom stereocenters. The predicted molar refractivity (Wildman–Crippen MR) is 54.9 cm³/mol. The molecule has 1 N–H and O–H groups in total. The Balaban J connectivity index is 2.23. The van der Waals surface area contributed by atoms with Crippen LogP contribution in [0.1, 0.15) is 17.9 Å². The van der Waals surface area contributed by atoms with Crippen molar-refractivity contribution in [2.75, 3.05) is 0 Å². The van der Waals surface area contributed by atoms with Crippen LogP contribution in [0.3, 0.4) is 0 Å². The predicted octanol–water partition coefficient (Wildman–Crippen LogP) is 3.18. The number of benzene rings is 1. The van der Waals surface area contributed by atoms with Gasteiger partial charge in [-0.3, -0.25) is 4.79 Å². The fraction of sp³-hybridized carbons (Fsp3) is 0.300. The molecule has 74 valence electrons. The Morgan fingerprint density at radius 3 is 2.29 bits per heavy atom. The van der Waals surface area contributed by atoms with Crippen LogP contribution < -0.4 is 0 Å². The molecule has 0 aromatic heterocycles. The maximum Gasteiger partial charge on any atom is 0.307 e. The van der Waals surface area contributed by atoms with Crippen molar-refractivity contribution in [3.63, 3.8) is 0 Å². The van der Waals surface area contributed by atoms with Gasteiger partial charge in [0, 0.05) is 10.0 Å². The topological polar surface area (TPSA) is 37.3 Å². The van der Waals surface area contributed by atoms with Gasteiger partial charge in [0.15, 0.2) is 0 Å². The number of rotatable bonds is 2. The van der Waals surface area contributed by atoms with Crippen molar-refractivity contribution in [3.05, 3.63) is 33.8 Å². The summed E-state index contributed by atoms with van der Waals surface area (Å²) in [5, 5.41) is 9.88. The van der Waals surface area contributed by atoms with Gasteiger partial charge in [-0.25, -0.2) is 0 Å².